The van der Waals surface area contributed by atoms with Crippen molar-refractivity contribution in [2.45, 2.75) is 25.5 Å². The second-order valence-electron chi connectivity index (χ2n) is 5.69. The Bertz CT molecular complexity index is 366. The van der Waals surface area contributed by atoms with Crippen LogP contribution >= 0.6 is 0 Å². The third kappa shape index (κ3) is 3.23. The van der Waals surface area contributed by atoms with E-state index in [4.69, 9.17) is 4.74 Å². The molecule has 7 nitrogen and oxygen atoms in total. The van der Waals surface area contributed by atoms with Gasteiger partial charge in [-0.2, -0.15) is 0 Å². The Morgan fingerprint density at radius 2 is 2.05 bits per heavy atom. The molecule has 108 valence electrons. The number of morpholine rings is 1. The van der Waals surface area contributed by atoms with Gasteiger partial charge in [-0.1, -0.05) is 0 Å². The molecule has 0 aliphatic carbocycles. The molecule has 0 spiro atoms. The highest BCUT2D eigenvalue weighted by Gasteiger charge is 2.44. The van der Waals surface area contributed by atoms with Crippen molar-refractivity contribution in [3.63, 3.8) is 0 Å². The molecule has 3 amide bonds. The SMILES string of the molecule is CC1(C)NC(=O)N(C[C@@H](O)C[NH+]2CCOCC2)C1=O. The summed E-state index contributed by atoms with van der Waals surface area (Å²) >= 11 is 0. The summed E-state index contributed by atoms with van der Waals surface area (Å²) in [6.07, 6.45) is -0.698. The molecule has 7 heteroatoms. The molecule has 0 radical (unpaired) electrons. The van der Waals surface area contributed by atoms with Crippen molar-refractivity contribution in [1.82, 2.24) is 10.2 Å². The zero-order chi connectivity index (χ0) is 14.0. The van der Waals surface area contributed by atoms with Crippen LogP contribution in [0.15, 0.2) is 0 Å². The van der Waals surface area contributed by atoms with Gasteiger partial charge in [-0.05, 0) is 13.8 Å². The summed E-state index contributed by atoms with van der Waals surface area (Å²) in [6.45, 7) is 6.99. The Labute approximate surface area is 112 Å². The zero-order valence-electron chi connectivity index (χ0n) is 11.4. The maximum absolute atomic E-state index is 12.0. The van der Waals surface area contributed by atoms with E-state index in [0.717, 1.165) is 18.0 Å². The number of carbonyl (C=O) groups excluding carboxylic acids is 2. The van der Waals surface area contributed by atoms with Crippen LogP contribution in [0.3, 0.4) is 0 Å². The number of aliphatic hydroxyl groups is 1. The van der Waals surface area contributed by atoms with E-state index in [0.29, 0.717) is 19.8 Å². The lowest BCUT2D eigenvalue weighted by Crippen LogP contribution is -3.15. The van der Waals surface area contributed by atoms with E-state index in [1.165, 1.54) is 4.90 Å². The van der Waals surface area contributed by atoms with Crippen LogP contribution < -0.4 is 10.2 Å². The van der Waals surface area contributed by atoms with E-state index >= 15 is 0 Å². The molecule has 0 bridgehead atoms. The Morgan fingerprint density at radius 1 is 1.42 bits per heavy atom. The van der Waals surface area contributed by atoms with Crippen LogP contribution in [-0.4, -0.2) is 73.0 Å². The van der Waals surface area contributed by atoms with Crippen LogP contribution in [0.4, 0.5) is 4.79 Å². The van der Waals surface area contributed by atoms with Crippen molar-refractivity contribution >= 4 is 11.9 Å². The first-order valence-corrected chi connectivity index (χ1v) is 6.63. The van der Waals surface area contributed by atoms with E-state index in [2.05, 4.69) is 5.32 Å². The maximum Gasteiger partial charge on any atom is 0.325 e. The van der Waals surface area contributed by atoms with E-state index in [1.807, 2.05) is 0 Å². The molecule has 3 N–H and O–H groups in total. The van der Waals surface area contributed by atoms with Gasteiger partial charge in [0.15, 0.2) is 0 Å². The fourth-order valence-corrected chi connectivity index (χ4v) is 2.46. The number of quaternary nitrogens is 1. The molecule has 0 aromatic rings. The third-order valence-corrected chi connectivity index (χ3v) is 3.56. The van der Waals surface area contributed by atoms with Crippen LogP contribution in [0.1, 0.15) is 13.8 Å². The molecule has 0 aromatic carbocycles. The fraction of sp³-hybridized carbons (Fsp3) is 0.833. The number of imide groups is 1. The quantitative estimate of drug-likeness (QED) is 0.498. The maximum atomic E-state index is 12.0. The van der Waals surface area contributed by atoms with Crippen LogP contribution in [0.5, 0.6) is 0 Å². The number of ether oxygens (including phenoxy) is 1. The van der Waals surface area contributed by atoms with Crippen molar-refractivity contribution in [3.8, 4) is 0 Å². The lowest BCUT2D eigenvalue weighted by molar-refractivity contribution is -0.910. The number of β-amino-alcohol motifs (C(OH)–C–C–N with tert-alkyl or cyclic N) is 1. The summed E-state index contributed by atoms with van der Waals surface area (Å²) < 4.78 is 5.25. The molecule has 0 aromatic heterocycles. The van der Waals surface area contributed by atoms with Crippen LogP contribution in [0, 0.1) is 0 Å². The van der Waals surface area contributed by atoms with Crippen LogP contribution in [0.25, 0.3) is 0 Å². The largest absolute Gasteiger partial charge is 0.385 e. The summed E-state index contributed by atoms with van der Waals surface area (Å²) in [5.41, 5.74) is -0.872. The summed E-state index contributed by atoms with van der Waals surface area (Å²) in [5, 5.41) is 12.6. The molecule has 2 fully saturated rings. The number of carbonyl (C=O) groups is 2. The Kier molecular flexibility index (Phi) is 4.07. The minimum atomic E-state index is -0.872. The number of amides is 3. The number of nitrogens with zero attached hydrogens (tertiary/aromatic N) is 1. The molecule has 2 saturated heterocycles. The number of rotatable bonds is 4. The monoisotopic (exact) mass is 272 g/mol. The standard InChI is InChI=1S/C12H21N3O4/c1-12(2)10(17)15(11(18)13-12)8-9(16)7-14-3-5-19-6-4-14/h9,16H,3-8H2,1-2H3,(H,13,18)/p+1/t9-/m0/s1. The van der Waals surface area contributed by atoms with Crippen molar-refractivity contribution in [2.75, 3.05) is 39.4 Å². The average molecular weight is 272 g/mol. The minimum Gasteiger partial charge on any atom is -0.385 e. The van der Waals surface area contributed by atoms with Gasteiger partial charge in [-0.3, -0.25) is 9.69 Å². The van der Waals surface area contributed by atoms with Gasteiger partial charge < -0.3 is 20.1 Å². The highest BCUT2D eigenvalue weighted by Crippen LogP contribution is 2.16. The van der Waals surface area contributed by atoms with Crippen molar-refractivity contribution in [1.29, 1.82) is 0 Å². The number of hydrogen-bond donors (Lipinski definition) is 3. The summed E-state index contributed by atoms with van der Waals surface area (Å²) in [7, 11) is 0. The fourth-order valence-electron chi connectivity index (χ4n) is 2.46. The van der Waals surface area contributed by atoms with Crippen molar-refractivity contribution in [2.24, 2.45) is 0 Å². The first-order valence-electron chi connectivity index (χ1n) is 6.63. The number of hydrogen-bond acceptors (Lipinski definition) is 4. The molecule has 2 aliphatic rings. The van der Waals surface area contributed by atoms with Crippen molar-refractivity contribution in [3.05, 3.63) is 0 Å². The lowest BCUT2D eigenvalue weighted by atomic mass is 10.1. The predicted molar refractivity (Wildman–Crippen MR) is 66.7 cm³/mol. The van der Waals surface area contributed by atoms with Gasteiger partial charge in [0.05, 0.1) is 19.8 Å². The topological polar surface area (TPSA) is 83.3 Å². The second kappa shape index (κ2) is 5.44. The predicted octanol–water partition coefficient (Wildman–Crippen LogP) is -2.41. The van der Waals surface area contributed by atoms with E-state index in [-0.39, 0.29) is 12.5 Å². The number of nitrogens with one attached hydrogen (secondary N) is 2. The molecule has 19 heavy (non-hydrogen) atoms. The van der Waals surface area contributed by atoms with Gasteiger partial charge in [0.25, 0.3) is 5.91 Å². The Balaban J connectivity index is 1.86. The lowest BCUT2D eigenvalue weighted by Gasteiger charge is -2.27. The van der Waals surface area contributed by atoms with Gasteiger partial charge in [0.1, 0.15) is 31.3 Å². The Morgan fingerprint density at radius 3 is 2.58 bits per heavy atom. The number of aliphatic hydroxyl groups excluding tert-OH is 1. The minimum absolute atomic E-state index is 0.0540. The average Bonchev–Trinajstić information content (AvgIpc) is 2.53. The van der Waals surface area contributed by atoms with Crippen LogP contribution in [0.2, 0.25) is 0 Å². The van der Waals surface area contributed by atoms with E-state index in [9.17, 15) is 14.7 Å². The van der Waals surface area contributed by atoms with Gasteiger partial charge in [0, 0.05) is 0 Å². The molecule has 2 heterocycles. The summed E-state index contributed by atoms with van der Waals surface area (Å²) in [4.78, 5) is 26.0. The number of urea groups is 1. The first-order chi connectivity index (χ1) is 8.90. The van der Waals surface area contributed by atoms with E-state index < -0.39 is 17.7 Å². The Hall–Kier alpha value is -1.18. The second-order valence-corrected chi connectivity index (χ2v) is 5.69. The zero-order valence-corrected chi connectivity index (χ0v) is 11.4. The molecule has 0 saturated carbocycles. The van der Waals surface area contributed by atoms with Gasteiger partial charge in [-0.15, -0.1) is 0 Å². The normalized spacial score (nSPS) is 25.5. The van der Waals surface area contributed by atoms with E-state index in [1.54, 1.807) is 13.8 Å². The summed E-state index contributed by atoms with van der Waals surface area (Å²) in [5.74, 6) is -0.284. The molecular formula is C12H22N3O4+. The highest BCUT2D eigenvalue weighted by molar-refractivity contribution is 6.06. The smallest absolute Gasteiger partial charge is 0.325 e. The van der Waals surface area contributed by atoms with Gasteiger partial charge >= 0.3 is 6.03 Å². The van der Waals surface area contributed by atoms with Gasteiger partial charge in [-0.25, -0.2) is 4.79 Å². The van der Waals surface area contributed by atoms with Crippen molar-refractivity contribution < 1.29 is 24.3 Å². The van der Waals surface area contributed by atoms with Crippen LogP contribution in [-0.2, 0) is 9.53 Å². The highest BCUT2D eigenvalue weighted by atomic mass is 16.5. The first kappa shape index (κ1) is 14.2. The summed E-state index contributed by atoms with van der Waals surface area (Å²) in [6, 6.07) is -0.425. The van der Waals surface area contributed by atoms with Gasteiger partial charge in [0.2, 0.25) is 0 Å². The molecular weight excluding hydrogens is 250 g/mol. The molecule has 2 aliphatic heterocycles. The molecule has 2 rings (SSSR count). The molecule has 1 atom stereocenters. The molecule has 0 unspecified atom stereocenters. The third-order valence-electron chi connectivity index (χ3n) is 3.56.